The molecule has 3 heteroatoms. The molecule has 0 amide bonds. The predicted octanol–water partition coefficient (Wildman–Crippen LogP) is 4.04. The molecule has 1 aliphatic carbocycles. The van der Waals surface area contributed by atoms with Gasteiger partial charge in [-0.2, -0.15) is 5.10 Å². The van der Waals surface area contributed by atoms with Crippen molar-refractivity contribution in [3.63, 3.8) is 0 Å². The van der Waals surface area contributed by atoms with Gasteiger partial charge in [0.15, 0.2) is 5.78 Å². The average Bonchev–Trinajstić information content (AvgIpc) is 3.08. The molecular weight excluding hydrogens is 260 g/mol. The van der Waals surface area contributed by atoms with Crippen LogP contribution in [0.15, 0.2) is 30.5 Å². The number of ketones is 1. The van der Waals surface area contributed by atoms with E-state index in [4.69, 9.17) is 0 Å². The van der Waals surface area contributed by atoms with Crippen molar-refractivity contribution in [2.45, 2.75) is 52.0 Å². The van der Waals surface area contributed by atoms with Crippen LogP contribution in [0.4, 0.5) is 0 Å². The molecule has 0 aliphatic heterocycles. The zero-order chi connectivity index (χ0) is 14.8. The van der Waals surface area contributed by atoms with Gasteiger partial charge in [-0.3, -0.25) is 9.48 Å². The van der Waals surface area contributed by atoms with Gasteiger partial charge in [0, 0.05) is 11.8 Å². The van der Waals surface area contributed by atoms with Crippen LogP contribution < -0.4 is 0 Å². The lowest BCUT2D eigenvalue weighted by Gasteiger charge is -2.09. The molecule has 0 radical (unpaired) electrons. The number of aryl methyl sites for hydroxylation is 2. The molecule has 0 unspecified atom stereocenters. The number of nitrogens with zero attached hydrogens (tertiary/aromatic N) is 2. The molecule has 0 N–H and O–H groups in total. The summed E-state index contributed by atoms with van der Waals surface area (Å²) in [7, 11) is 0. The largest absolute Gasteiger partial charge is 0.294 e. The number of aromatic nitrogens is 2. The van der Waals surface area contributed by atoms with Gasteiger partial charge < -0.3 is 0 Å². The lowest BCUT2D eigenvalue weighted by Crippen LogP contribution is -2.10. The number of rotatable bonds is 4. The maximum Gasteiger partial charge on any atom is 0.169 e. The molecule has 110 valence electrons. The van der Waals surface area contributed by atoms with Gasteiger partial charge in [-0.25, -0.2) is 0 Å². The minimum Gasteiger partial charge on any atom is -0.294 e. The second-order valence-electron chi connectivity index (χ2n) is 6.09. The van der Waals surface area contributed by atoms with Crippen molar-refractivity contribution in [1.29, 1.82) is 0 Å². The minimum atomic E-state index is 0.169. The van der Waals surface area contributed by atoms with Gasteiger partial charge in [0.25, 0.3) is 0 Å². The Morgan fingerprint density at radius 2 is 1.86 bits per heavy atom. The quantitative estimate of drug-likeness (QED) is 0.793. The summed E-state index contributed by atoms with van der Waals surface area (Å²) in [6, 6.07) is 8.52. The summed E-state index contributed by atoms with van der Waals surface area (Å²) in [5.74, 6) is 0.169. The van der Waals surface area contributed by atoms with E-state index in [0.717, 1.165) is 22.4 Å². The van der Waals surface area contributed by atoms with Gasteiger partial charge in [0.2, 0.25) is 0 Å². The molecule has 1 aromatic heterocycles. The van der Waals surface area contributed by atoms with Crippen molar-refractivity contribution in [3.05, 3.63) is 52.8 Å². The van der Waals surface area contributed by atoms with Crippen LogP contribution in [0.3, 0.4) is 0 Å². The second kappa shape index (κ2) is 5.84. The lowest BCUT2D eigenvalue weighted by molar-refractivity contribution is 0.0990. The molecule has 3 rings (SSSR count). The van der Waals surface area contributed by atoms with Crippen molar-refractivity contribution in [2.75, 3.05) is 0 Å². The Bertz CT molecular complexity index is 631. The fraction of sp³-hybridized carbons (Fsp3) is 0.444. The van der Waals surface area contributed by atoms with E-state index in [1.165, 1.54) is 25.7 Å². The Balaban J connectivity index is 1.76. The molecule has 1 fully saturated rings. The zero-order valence-corrected chi connectivity index (χ0v) is 12.8. The molecule has 2 aromatic rings. The number of hydrogen-bond donors (Lipinski definition) is 0. The van der Waals surface area contributed by atoms with Crippen molar-refractivity contribution in [2.24, 2.45) is 0 Å². The first-order valence-corrected chi connectivity index (χ1v) is 7.78. The van der Waals surface area contributed by atoms with Crippen molar-refractivity contribution >= 4 is 5.78 Å². The maximum absolute atomic E-state index is 12.5. The van der Waals surface area contributed by atoms with Crippen LogP contribution in [0.2, 0.25) is 0 Å². The monoisotopic (exact) mass is 282 g/mol. The number of carbonyl (C=O) groups is 1. The van der Waals surface area contributed by atoms with Crippen molar-refractivity contribution in [3.8, 4) is 0 Å². The van der Waals surface area contributed by atoms with E-state index in [9.17, 15) is 4.79 Å². The van der Waals surface area contributed by atoms with Crippen molar-refractivity contribution < 1.29 is 4.79 Å². The second-order valence-corrected chi connectivity index (χ2v) is 6.09. The lowest BCUT2D eigenvalue weighted by atomic mass is 9.97. The van der Waals surface area contributed by atoms with Gasteiger partial charge in [-0.15, -0.1) is 0 Å². The van der Waals surface area contributed by atoms with Crippen LogP contribution >= 0.6 is 0 Å². The smallest absolute Gasteiger partial charge is 0.169 e. The van der Waals surface area contributed by atoms with E-state index in [1.54, 1.807) is 0 Å². The van der Waals surface area contributed by atoms with Crippen LogP contribution in [-0.2, 0) is 6.42 Å². The molecule has 1 heterocycles. The Morgan fingerprint density at radius 3 is 2.52 bits per heavy atom. The fourth-order valence-electron chi connectivity index (χ4n) is 3.35. The van der Waals surface area contributed by atoms with Gasteiger partial charge >= 0.3 is 0 Å². The summed E-state index contributed by atoms with van der Waals surface area (Å²) in [6.07, 6.45) is 7.44. The third kappa shape index (κ3) is 2.92. The van der Waals surface area contributed by atoms with E-state index < -0.39 is 0 Å². The van der Waals surface area contributed by atoms with Gasteiger partial charge in [0.05, 0.1) is 18.2 Å². The summed E-state index contributed by atoms with van der Waals surface area (Å²) in [5.41, 5.74) is 3.84. The summed E-state index contributed by atoms with van der Waals surface area (Å²) < 4.78 is 2.06. The van der Waals surface area contributed by atoms with Crippen LogP contribution in [-0.4, -0.2) is 15.6 Å². The van der Waals surface area contributed by atoms with E-state index in [-0.39, 0.29) is 5.78 Å². The van der Waals surface area contributed by atoms with Crippen molar-refractivity contribution in [1.82, 2.24) is 9.78 Å². The Morgan fingerprint density at radius 1 is 1.19 bits per heavy atom. The molecule has 3 nitrogen and oxygen atoms in total. The molecule has 1 aromatic carbocycles. The minimum absolute atomic E-state index is 0.169. The number of carbonyl (C=O) groups excluding carboxylic acids is 1. The molecule has 0 bridgehead atoms. The Labute approximate surface area is 126 Å². The summed E-state index contributed by atoms with van der Waals surface area (Å²) >= 11 is 0. The zero-order valence-electron chi connectivity index (χ0n) is 12.8. The standard InChI is InChI=1S/C18H22N2O/c1-13-6-5-7-14(2)18(13)17(21)12-15-10-11-20(19-15)16-8-3-4-9-16/h5-7,10-11,16H,3-4,8-9,12H2,1-2H3. The highest BCUT2D eigenvalue weighted by Crippen LogP contribution is 2.28. The first kappa shape index (κ1) is 14.1. The van der Waals surface area contributed by atoms with Gasteiger partial charge in [-0.05, 0) is 43.9 Å². The maximum atomic E-state index is 12.5. The summed E-state index contributed by atoms with van der Waals surface area (Å²) in [6.45, 7) is 3.99. The Kier molecular flexibility index (Phi) is 3.91. The van der Waals surface area contributed by atoms with Gasteiger partial charge in [0.1, 0.15) is 0 Å². The fourth-order valence-corrected chi connectivity index (χ4v) is 3.35. The number of Topliss-reactive ketones (excluding diaryl/α,β-unsaturated/α-hetero) is 1. The normalized spacial score (nSPS) is 15.5. The number of hydrogen-bond acceptors (Lipinski definition) is 2. The van der Waals surface area contributed by atoms with Crippen LogP contribution in [0.5, 0.6) is 0 Å². The van der Waals surface area contributed by atoms with E-state index in [2.05, 4.69) is 9.78 Å². The first-order valence-electron chi connectivity index (χ1n) is 7.78. The third-order valence-corrected chi connectivity index (χ3v) is 4.46. The molecule has 0 saturated heterocycles. The van der Waals surface area contributed by atoms with Gasteiger partial charge in [-0.1, -0.05) is 31.0 Å². The average molecular weight is 282 g/mol. The topological polar surface area (TPSA) is 34.9 Å². The molecule has 0 atom stereocenters. The summed E-state index contributed by atoms with van der Waals surface area (Å²) in [5, 5.41) is 4.61. The highest BCUT2D eigenvalue weighted by molar-refractivity contribution is 5.99. The predicted molar refractivity (Wildman–Crippen MR) is 83.7 cm³/mol. The first-order chi connectivity index (χ1) is 10.1. The molecular formula is C18H22N2O. The highest BCUT2D eigenvalue weighted by atomic mass is 16.1. The van der Waals surface area contributed by atoms with E-state index in [1.807, 2.05) is 44.3 Å². The van der Waals surface area contributed by atoms with Crippen LogP contribution in [0.1, 0.15) is 58.9 Å². The third-order valence-electron chi connectivity index (χ3n) is 4.46. The molecule has 1 aliphatic rings. The highest BCUT2D eigenvalue weighted by Gasteiger charge is 2.19. The molecule has 1 saturated carbocycles. The van der Waals surface area contributed by atoms with Crippen LogP contribution in [0.25, 0.3) is 0 Å². The van der Waals surface area contributed by atoms with Crippen LogP contribution in [0, 0.1) is 13.8 Å². The number of benzene rings is 1. The molecule has 21 heavy (non-hydrogen) atoms. The summed E-state index contributed by atoms with van der Waals surface area (Å²) in [4.78, 5) is 12.5. The van der Waals surface area contributed by atoms with E-state index in [0.29, 0.717) is 12.5 Å². The Hall–Kier alpha value is -1.90. The molecule has 0 spiro atoms. The SMILES string of the molecule is Cc1cccc(C)c1C(=O)Cc1ccn(C2CCCC2)n1. The van der Waals surface area contributed by atoms with E-state index >= 15 is 0 Å².